The Balaban J connectivity index is 3.05. The van der Waals surface area contributed by atoms with Crippen LogP contribution in [0.1, 0.15) is 26.7 Å². The van der Waals surface area contributed by atoms with E-state index in [9.17, 15) is 0 Å². The molecule has 0 aromatic heterocycles. The minimum atomic E-state index is 0.441. The summed E-state index contributed by atoms with van der Waals surface area (Å²) in [6.07, 6.45) is 2.20. The molecule has 0 N–H and O–H groups in total. The first kappa shape index (κ1) is 9.34. The van der Waals surface area contributed by atoms with E-state index in [4.69, 9.17) is 9.47 Å². The molecule has 0 aromatic carbocycles. The van der Waals surface area contributed by atoms with Crippen molar-refractivity contribution in [2.24, 2.45) is 0 Å². The number of rotatable bonds is 6. The van der Waals surface area contributed by atoms with Gasteiger partial charge in [-0.05, 0) is 19.9 Å². The van der Waals surface area contributed by atoms with Crippen molar-refractivity contribution in [2.75, 3.05) is 13.2 Å². The van der Waals surface area contributed by atoms with Crippen LogP contribution in [0, 0.1) is 0 Å². The molecule has 0 aromatic rings. The van der Waals surface area contributed by atoms with Crippen LogP contribution in [0.3, 0.4) is 0 Å². The standard InChI is InChI=1S/C8H16O2/c1-4-6-7-10-8(3)9-5-2/h3-7H2,1-2H3. The summed E-state index contributed by atoms with van der Waals surface area (Å²) in [4.78, 5) is 0. The predicted octanol–water partition coefficient (Wildman–Crippen LogP) is 2.31. The maximum absolute atomic E-state index is 5.11. The van der Waals surface area contributed by atoms with Crippen LogP contribution in [-0.4, -0.2) is 13.2 Å². The number of hydrogen-bond donors (Lipinski definition) is 0. The summed E-state index contributed by atoms with van der Waals surface area (Å²) in [7, 11) is 0. The predicted molar refractivity (Wildman–Crippen MR) is 41.6 cm³/mol. The van der Waals surface area contributed by atoms with E-state index in [2.05, 4.69) is 13.5 Å². The number of hydrogen-bond acceptors (Lipinski definition) is 2. The van der Waals surface area contributed by atoms with Gasteiger partial charge in [-0.3, -0.25) is 0 Å². The molecule has 2 heteroatoms. The molecule has 0 aliphatic rings. The van der Waals surface area contributed by atoms with Gasteiger partial charge in [0.15, 0.2) is 0 Å². The first-order valence-electron chi connectivity index (χ1n) is 3.75. The second kappa shape index (κ2) is 6.46. The van der Waals surface area contributed by atoms with E-state index in [1.807, 2.05) is 6.92 Å². The van der Waals surface area contributed by atoms with Crippen LogP contribution in [0.4, 0.5) is 0 Å². The topological polar surface area (TPSA) is 18.5 Å². The van der Waals surface area contributed by atoms with Crippen molar-refractivity contribution in [3.63, 3.8) is 0 Å². The third-order valence-corrected chi connectivity index (χ3v) is 1.07. The van der Waals surface area contributed by atoms with Gasteiger partial charge < -0.3 is 9.47 Å². The molecule has 0 heterocycles. The highest BCUT2D eigenvalue weighted by Gasteiger charge is 1.90. The summed E-state index contributed by atoms with van der Waals surface area (Å²) in [5.74, 6) is 0.441. The van der Waals surface area contributed by atoms with E-state index in [1.165, 1.54) is 0 Å². The van der Waals surface area contributed by atoms with Crippen LogP contribution in [0.5, 0.6) is 0 Å². The van der Waals surface area contributed by atoms with Crippen LogP contribution in [0.25, 0.3) is 0 Å². The Hall–Kier alpha value is -0.660. The maximum atomic E-state index is 5.11. The molecule has 0 atom stereocenters. The first-order chi connectivity index (χ1) is 4.81. The van der Waals surface area contributed by atoms with Crippen molar-refractivity contribution in [2.45, 2.75) is 26.7 Å². The first-order valence-corrected chi connectivity index (χ1v) is 3.75. The number of ether oxygens (including phenoxy) is 2. The molecule has 0 spiro atoms. The monoisotopic (exact) mass is 144 g/mol. The van der Waals surface area contributed by atoms with Gasteiger partial charge in [-0.2, -0.15) is 0 Å². The minimum absolute atomic E-state index is 0.441. The fourth-order valence-electron chi connectivity index (χ4n) is 0.533. The molecular weight excluding hydrogens is 128 g/mol. The SMILES string of the molecule is C=C(OCC)OCCCC. The van der Waals surface area contributed by atoms with Crippen LogP contribution in [0.2, 0.25) is 0 Å². The third kappa shape index (κ3) is 5.48. The van der Waals surface area contributed by atoms with E-state index in [-0.39, 0.29) is 0 Å². The van der Waals surface area contributed by atoms with E-state index in [0.717, 1.165) is 19.4 Å². The summed E-state index contributed by atoms with van der Waals surface area (Å²) in [6.45, 7) is 8.95. The zero-order valence-corrected chi connectivity index (χ0v) is 6.85. The second-order valence-electron chi connectivity index (χ2n) is 2.01. The average Bonchev–Trinajstić information content (AvgIpc) is 1.89. The third-order valence-electron chi connectivity index (χ3n) is 1.07. The van der Waals surface area contributed by atoms with Gasteiger partial charge >= 0.3 is 0 Å². The van der Waals surface area contributed by atoms with Gasteiger partial charge in [0.1, 0.15) is 0 Å². The molecule has 0 radical (unpaired) electrons. The van der Waals surface area contributed by atoms with Gasteiger partial charge in [0.2, 0.25) is 0 Å². The van der Waals surface area contributed by atoms with E-state index in [0.29, 0.717) is 12.6 Å². The van der Waals surface area contributed by atoms with E-state index >= 15 is 0 Å². The molecule has 0 fully saturated rings. The lowest BCUT2D eigenvalue weighted by molar-refractivity contribution is 0.0415. The van der Waals surface area contributed by atoms with Crippen molar-refractivity contribution in [3.8, 4) is 0 Å². The molecule has 10 heavy (non-hydrogen) atoms. The van der Waals surface area contributed by atoms with Gasteiger partial charge in [-0.25, -0.2) is 0 Å². The highest BCUT2D eigenvalue weighted by molar-refractivity contribution is 4.66. The lowest BCUT2D eigenvalue weighted by Gasteiger charge is -2.07. The Labute approximate surface area is 62.8 Å². The van der Waals surface area contributed by atoms with Gasteiger partial charge in [0.05, 0.1) is 13.2 Å². The minimum Gasteiger partial charge on any atom is -0.466 e. The zero-order valence-electron chi connectivity index (χ0n) is 6.85. The molecule has 0 aliphatic heterocycles. The summed E-state index contributed by atoms with van der Waals surface area (Å²) in [5.41, 5.74) is 0. The smallest absolute Gasteiger partial charge is 0.271 e. The van der Waals surface area contributed by atoms with Crippen molar-refractivity contribution in [3.05, 3.63) is 12.5 Å². The van der Waals surface area contributed by atoms with Crippen LogP contribution in [0.15, 0.2) is 12.5 Å². The largest absolute Gasteiger partial charge is 0.466 e. The molecule has 0 unspecified atom stereocenters. The molecular formula is C8H16O2. The van der Waals surface area contributed by atoms with Gasteiger partial charge in [0, 0.05) is 0 Å². The maximum Gasteiger partial charge on any atom is 0.271 e. The summed E-state index contributed by atoms with van der Waals surface area (Å²) in [5, 5.41) is 0. The fraction of sp³-hybridized carbons (Fsp3) is 0.750. The molecule has 0 bridgehead atoms. The quantitative estimate of drug-likeness (QED) is 0.420. The lowest BCUT2D eigenvalue weighted by atomic mass is 10.4. The molecule has 60 valence electrons. The zero-order chi connectivity index (χ0) is 7.82. The summed E-state index contributed by atoms with van der Waals surface area (Å²) >= 11 is 0. The van der Waals surface area contributed by atoms with Gasteiger partial charge in [0.25, 0.3) is 5.95 Å². The van der Waals surface area contributed by atoms with Gasteiger partial charge in [-0.1, -0.05) is 13.3 Å². The van der Waals surface area contributed by atoms with Crippen LogP contribution >= 0.6 is 0 Å². The molecule has 2 nitrogen and oxygen atoms in total. The highest BCUT2D eigenvalue weighted by atomic mass is 16.7. The Bertz CT molecular complexity index is 89.3. The van der Waals surface area contributed by atoms with E-state index < -0.39 is 0 Å². The van der Waals surface area contributed by atoms with Crippen molar-refractivity contribution in [1.82, 2.24) is 0 Å². The Morgan fingerprint density at radius 3 is 2.50 bits per heavy atom. The highest BCUT2D eigenvalue weighted by Crippen LogP contribution is 1.97. The number of unbranched alkanes of at least 4 members (excludes halogenated alkanes) is 1. The summed E-state index contributed by atoms with van der Waals surface area (Å²) < 4.78 is 10.1. The Morgan fingerprint density at radius 1 is 1.30 bits per heavy atom. The molecule has 0 saturated heterocycles. The molecule has 0 rings (SSSR count). The van der Waals surface area contributed by atoms with Crippen molar-refractivity contribution < 1.29 is 9.47 Å². The Morgan fingerprint density at radius 2 is 2.00 bits per heavy atom. The lowest BCUT2D eigenvalue weighted by Crippen LogP contribution is -1.97. The fourth-order valence-corrected chi connectivity index (χ4v) is 0.533. The van der Waals surface area contributed by atoms with Gasteiger partial charge in [-0.15, -0.1) is 0 Å². The average molecular weight is 144 g/mol. The van der Waals surface area contributed by atoms with E-state index in [1.54, 1.807) is 0 Å². The Kier molecular flexibility index (Phi) is 6.03. The summed E-state index contributed by atoms with van der Waals surface area (Å²) in [6, 6.07) is 0. The second-order valence-corrected chi connectivity index (χ2v) is 2.01. The normalized spacial score (nSPS) is 9.00. The van der Waals surface area contributed by atoms with Crippen molar-refractivity contribution >= 4 is 0 Å². The van der Waals surface area contributed by atoms with Crippen LogP contribution in [-0.2, 0) is 9.47 Å². The van der Waals surface area contributed by atoms with Crippen molar-refractivity contribution in [1.29, 1.82) is 0 Å². The molecule has 0 amide bonds. The molecule has 0 aliphatic carbocycles. The van der Waals surface area contributed by atoms with Crippen LogP contribution < -0.4 is 0 Å². The molecule has 0 saturated carbocycles.